The molecule has 1 aromatic carbocycles. The van der Waals surface area contributed by atoms with E-state index in [0.29, 0.717) is 25.3 Å². The Hall–Kier alpha value is -2.56. The summed E-state index contributed by atoms with van der Waals surface area (Å²) >= 11 is 0. The number of nitrogens with one attached hydrogen (secondary N) is 1. The zero-order valence-electron chi connectivity index (χ0n) is 15.5. The zero-order chi connectivity index (χ0) is 18.5. The third-order valence-electron chi connectivity index (χ3n) is 4.89. The number of rotatable bonds is 5. The highest BCUT2D eigenvalue weighted by molar-refractivity contribution is 5.93. The summed E-state index contributed by atoms with van der Waals surface area (Å²) in [6.07, 6.45) is 3.55. The van der Waals surface area contributed by atoms with Gasteiger partial charge in [-0.15, -0.1) is 0 Å². The van der Waals surface area contributed by atoms with E-state index in [-0.39, 0.29) is 23.8 Å². The molecule has 5 nitrogen and oxygen atoms in total. The van der Waals surface area contributed by atoms with Crippen molar-refractivity contribution in [3.05, 3.63) is 59.9 Å². The van der Waals surface area contributed by atoms with Crippen molar-refractivity contribution in [2.45, 2.75) is 39.3 Å². The molecule has 5 heteroatoms. The maximum Gasteiger partial charge on any atom is 0.268 e. The Morgan fingerprint density at radius 2 is 1.77 bits per heavy atom. The van der Waals surface area contributed by atoms with E-state index >= 15 is 0 Å². The average molecular weight is 353 g/mol. The van der Waals surface area contributed by atoms with Gasteiger partial charge in [-0.25, -0.2) is 0 Å². The Kier molecular flexibility index (Phi) is 5.76. The molecular formula is C21H27N3O2. The van der Waals surface area contributed by atoms with E-state index in [2.05, 4.69) is 17.4 Å². The van der Waals surface area contributed by atoms with E-state index in [1.165, 1.54) is 5.56 Å². The standard InChI is InChI=1S/C21H27N3O2/c1-16(2)21(26)23-13-10-18(11-14-23)22-20(25)19-9-6-12-24(19)15-17-7-4-3-5-8-17/h3-9,12,16,18H,10-11,13-15H2,1-2H3,(H,22,25). The van der Waals surface area contributed by atoms with Crippen molar-refractivity contribution in [1.82, 2.24) is 14.8 Å². The Labute approximate surface area is 155 Å². The van der Waals surface area contributed by atoms with Gasteiger partial charge >= 0.3 is 0 Å². The van der Waals surface area contributed by atoms with Crippen LogP contribution in [0.5, 0.6) is 0 Å². The van der Waals surface area contributed by atoms with Crippen molar-refractivity contribution in [3.63, 3.8) is 0 Å². The van der Waals surface area contributed by atoms with Crippen LogP contribution in [0.25, 0.3) is 0 Å². The fourth-order valence-electron chi connectivity index (χ4n) is 3.41. The van der Waals surface area contributed by atoms with Gasteiger partial charge in [-0.1, -0.05) is 44.2 Å². The molecule has 2 heterocycles. The van der Waals surface area contributed by atoms with Gasteiger partial charge in [-0.05, 0) is 30.5 Å². The van der Waals surface area contributed by atoms with Gasteiger partial charge in [0.2, 0.25) is 5.91 Å². The van der Waals surface area contributed by atoms with Crippen LogP contribution in [-0.4, -0.2) is 40.4 Å². The lowest BCUT2D eigenvalue weighted by Gasteiger charge is -2.33. The molecule has 1 aliphatic heterocycles. The molecule has 0 atom stereocenters. The SMILES string of the molecule is CC(C)C(=O)N1CCC(NC(=O)c2cccn2Cc2ccccc2)CC1. The molecule has 1 fully saturated rings. The Bertz CT molecular complexity index is 744. The molecule has 0 radical (unpaired) electrons. The van der Waals surface area contributed by atoms with Crippen LogP contribution in [0, 0.1) is 5.92 Å². The number of benzene rings is 1. The van der Waals surface area contributed by atoms with E-state index < -0.39 is 0 Å². The van der Waals surface area contributed by atoms with Crippen LogP contribution in [-0.2, 0) is 11.3 Å². The first-order valence-corrected chi connectivity index (χ1v) is 9.33. The normalized spacial score (nSPS) is 15.3. The Morgan fingerprint density at radius 3 is 2.42 bits per heavy atom. The summed E-state index contributed by atoms with van der Waals surface area (Å²) in [6.45, 7) is 5.96. The first kappa shape index (κ1) is 18.2. The summed E-state index contributed by atoms with van der Waals surface area (Å²) in [5, 5.41) is 3.14. The summed E-state index contributed by atoms with van der Waals surface area (Å²) in [6, 6.07) is 14.0. The fraction of sp³-hybridized carbons (Fsp3) is 0.429. The lowest BCUT2D eigenvalue weighted by molar-refractivity contribution is -0.135. The molecule has 2 amide bonds. The predicted octanol–water partition coefficient (Wildman–Crippen LogP) is 2.91. The smallest absolute Gasteiger partial charge is 0.268 e. The first-order valence-electron chi connectivity index (χ1n) is 9.33. The van der Waals surface area contributed by atoms with Gasteiger partial charge in [0.15, 0.2) is 0 Å². The maximum atomic E-state index is 12.7. The van der Waals surface area contributed by atoms with Crippen molar-refractivity contribution < 1.29 is 9.59 Å². The summed E-state index contributed by atoms with van der Waals surface area (Å²) in [7, 11) is 0. The highest BCUT2D eigenvalue weighted by Gasteiger charge is 2.25. The minimum atomic E-state index is -0.0421. The topological polar surface area (TPSA) is 54.3 Å². The number of carbonyl (C=O) groups excluding carboxylic acids is 2. The van der Waals surface area contributed by atoms with Crippen LogP contribution in [0.4, 0.5) is 0 Å². The van der Waals surface area contributed by atoms with Gasteiger partial charge in [0.1, 0.15) is 5.69 Å². The third-order valence-corrected chi connectivity index (χ3v) is 4.89. The number of likely N-dealkylation sites (tertiary alicyclic amines) is 1. The highest BCUT2D eigenvalue weighted by Crippen LogP contribution is 2.15. The van der Waals surface area contributed by atoms with Gasteiger partial charge in [-0.2, -0.15) is 0 Å². The number of piperidine rings is 1. The molecule has 26 heavy (non-hydrogen) atoms. The summed E-state index contributed by atoms with van der Waals surface area (Å²) < 4.78 is 1.97. The number of hydrogen-bond acceptors (Lipinski definition) is 2. The number of aromatic nitrogens is 1. The van der Waals surface area contributed by atoms with Crippen molar-refractivity contribution in [1.29, 1.82) is 0 Å². The van der Waals surface area contributed by atoms with Crippen LogP contribution in [0.15, 0.2) is 48.7 Å². The van der Waals surface area contributed by atoms with Gasteiger partial charge in [0.05, 0.1) is 0 Å². The van der Waals surface area contributed by atoms with Gasteiger partial charge in [-0.3, -0.25) is 9.59 Å². The summed E-state index contributed by atoms with van der Waals surface area (Å²) in [5.41, 5.74) is 1.84. The molecule has 0 aliphatic carbocycles. The molecule has 1 saturated heterocycles. The monoisotopic (exact) mass is 353 g/mol. The number of hydrogen-bond donors (Lipinski definition) is 1. The van der Waals surface area contributed by atoms with Gasteiger partial charge in [0, 0.05) is 37.8 Å². The minimum absolute atomic E-state index is 0.0300. The minimum Gasteiger partial charge on any atom is -0.348 e. The number of carbonyl (C=O) groups is 2. The van der Waals surface area contributed by atoms with Crippen LogP contribution >= 0.6 is 0 Å². The van der Waals surface area contributed by atoms with Crippen LogP contribution < -0.4 is 5.32 Å². The van der Waals surface area contributed by atoms with E-state index in [1.807, 2.05) is 59.8 Å². The van der Waals surface area contributed by atoms with Crippen molar-refractivity contribution in [3.8, 4) is 0 Å². The molecule has 1 aromatic heterocycles. The van der Waals surface area contributed by atoms with E-state index in [9.17, 15) is 9.59 Å². The lowest BCUT2D eigenvalue weighted by atomic mass is 10.0. The molecular weight excluding hydrogens is 326 g/mol. The van der Waals surface area contributed by atoms with Gasteiger partial charge in [0.25, 0.3) is 5.91 Å². The van der Waals surface area contributed by atoms with Crippen LogP contribution in [0.1, 0.15) is 42.7 Å². The highest BCUT2D eigenvalue weighted by atomic mass is 16.2. The fourth-order valence-corrected chi connectivity index (χ4v) is 3.41. The molecule has 3 rings (SSSR count). The van der Waals surface area contributed by atoms with Gasteiger partial charge < -0.3 is 14.8 Å². The molecule has 1 aliphatic rings. The predicted molar refractivity (Wildman–Crippen MR) is 102 cm³/mol. The number of nitrogens with zero attached hydrogens (tertiary/aromatic N) is 2. The third kappa shape index (κ3) is 4.34. The average Bonchev–Trinajstić information content (AvgIpc) is 3.11. The summed E-state index contributed by atoms with van der Waals surface area (Å²) in [4.78, 5) is 26.7. The Balaban J connectivity index is 1.57. The van der Waals surface area contributed by atoms with Crippen molar-refractivity contribution in [2.75, 3.05) is 13.1 Å². The van der Waals surface area contributed by atoms with E-state index in [0.717, 1.165) is 12.8 Å². The maximum absolute atomic E-state index is 12.7. The number of amides is 2. The van der Waals surface area contributed by atoms with Crippen molar-refractivity contribution in [2.24, 2.45) is 5.92 Å². The summed E-state index contributed by atoms with van der Waals surface area (Å²) in [5.74, 6) is 0.188. The molecule has 2 aromatic rings. The zero-order valence-corrected chi connectivity index (χ0v) is 15.5. The second-order valence-electron chi connectivity index (χ2n) is 7.23. The molecule has 1 N–H and O–H groups in total. The first-order chi connectivity index (χ1) is 12.5. The second-order valence-corrected chi connectivity index (χ2v) is 7.23. The van der Waals surface area contributed by atoms with Crippen LogP contribution in [0.2, 0.25) is 0 Å². The molecule has 0 saturated carbocycles. The van der Waals surface area contributed by atoms with E-state index in [1.54, 1.807) is 0 Å². The molecule has 0 unspecified atom stereocenters. The molecule has 0 spiro atoms. The van der Waals surface area contributed by atoms with E-state index in [4.69, 9.17) is 0 Å². The lowest BCUT2D eigenvalue weighted by Crippen LogP contribution is -2.47. The largest absolute Gasteiger partial charge is 0.348 e. The second kappa shape index (κ2) is 8.21. The molecule has 0 bridgehead atoms. The quantitative estimate of drug-likeness (QED) is 0.899. The van der Waals surface area contributed by atoms with Crippen molar-refractivity contribution >= 4 is 11.8 Å². The van der Waals surface area contributed by atoms with Crippen LogP contribution in [0.3, 0.4) is 0 Å². The Morgan fingerprint density at radius 1 is 1.08 bits per heavy atom. The molecule has 138 valence electrons.